The minimum atomic E-state index is -2.21. The Morgan fingerprint density at radius 1 is 0.826 bits per heavy atom. The highest BCUT2D eigenvalue weighted by Crippen LogP contribution is 2.48. The van der Waals surface area contributed by atoms with E-state index in [2.05, 4.69) is 67.7 Å². The lowest BCUT2D eigenvalue weighted by molar-refractivity contribution is -0.141. The Morgan fingerprint density at radius 3 is 1.48 bits per heavy atom. The first-order valence-electron chi connectivity index (χ1n) is 8.73. The van der Waals surface area contributed by atoms with E-state index < -0.39 is 28.2 Å². The van der Waals surface area contributed by atoms with Crippen LogP contribution >= 0.6 is 0 Å². The Morgan fingerprint density at radius 2 is 1.17 bits per heavy atom. The third kappa shape index (κ3) is 3.42. The third-order valence-electron chi connectivity index (χ3n) is 6.96. The van der Waals surface area contributed by atoms with E-state index in [4.69, 9.17) is 0 Å². The SMILES string of the molecule is CC(C)(C)[Si](C)(C)C(=O)C1CC(O)C1C(=O)[Si](C)(C)C(C)(C)C. The van der Waals surface area contributed by atoms with Crippen LogP contribution in [0.3, 0.4) is 0 Å². The number of hydrogen-bond donors (Lipinski definition) is 1. The maximum atomic E-state index is 13.2. The Kier molecular flexibility index (Phi) is 5.35. The van der Waals surface area contributed by atoms with E-state index in [-0.39, 0.29) is 26.8 Å². The summed E-state index contributed by atoms with van der Waals surface area (Å²) in [6.07, 6.45) is -0.161. The second-order valence-electron chi connectivity index (χ2n) is 10.4. The molecule has 23 heavy (non-hydrogen) atoms. The van der Waals surface area contributed by atoms with Crippen molar-refractivity contribution in [3.63, 3.8) is 0 Å². The van der Waals surface area contributed by atoms with Gasteiger partial charge in [-0.2, -0.15) is 0 Å². The quantitative estimate of drug-likeness (QED) is 0.767. The van der Waals surface area contributed by atoms with Gasteiger partial charge in [0.2, 0.25) is 0 Å². The highest BCUT2D eigenvalue weighted by atomic mass is 28.3. The van der Waals surface area contributed by atoms with Crippen molar-refractivity contribution in [2.75, 3.05) is 0 Å². The van der Waals surface area contributed by atoms with Gasteiger partial charge in [0.05, 0.1) is 6.10 Å². The van der Waals surface area contributed by atoms with Crippen LogP contribution in [-0.2, 0) is 9.59 Å². The maximum Gasteiger partial charge on any atom is 0.132 e. The normalized spacial score (nSPS) is 26.7. The number of aliphatic hydroxyl groups is 1. The molecule has 0 aliphatic heterocycles. The van der Waals surface area contributed by atoms with Crippen molar-refractivity contribution in [2.24, 2.45) is 11.8 Å². The molecule has 3 atom stereocenters. The highest BCUT2D eigenvalue weighted by molar-refractivity contribution is 7.08. The van der Waals surface area contributed by atoms with Gasteiger partial charge in [0.15, 0.2) is 0 Å². The van der Waals surface area contributed by atoms with E-state index in [1.54, 1.807) is 0 Å². The zero-order chi connectivity index (χ0) is 18.6. The minimum Gasteiger partial charge on any atom is -0.392 e. The Balaban J connectivity index is 3.11. The fraction of sp³-hybridized carbons (Fsp3) is 0.889. The number of rotatable bonds is 4. The Bertz CT molecular complexity index is 495. The van der Waals surface area contributed by atoms with Gasteiger partial charge >= 0.3 is 0 Å². The highest BCUT2D eigenvalue weighted by Gasteiger charge is 2.58. The average Bonchev–Trinajstić information content (AvgIpc) is 2.31. The van der Waals surface area contributed by atoms with Gasteiger partial charge in [0, 0.05) is 11.8 Å². The lowest BCUT2D eigenvalue weighted by Crippen LogP contribution is -2.63. The summed E-state index contributed by atoms with van der Waals surface area (Å²) in [7, 11) is -4.36. The molecule has 1 fully saturated rings. The predicted molar refractivity (Wildman–Crippen MR) is 102 cm³/mol. The zero-order valence-electron chi connectivity index (χ0n) is 16.7. The number of aliphatic hydroxyl groups excluding tert-OH is 1. The van der Waals surface area contributed by atoms with Crippen LogP contribution in [-0.4, -0.2) is 38.2 Å². The summed E-state index contributed by atoms with van der Waals surface area (Å²) in [4.78, 5) is 26.3. The van der Waals surface area contributed by atoms with Crippen LogP contribution in [0.15, 0.2) is 0 Å². The molecule has 0 aromatic heterocycles. The van der Waals surface area contributed by atoms with Gasteiger partial charge in [0.1, 0.15) is 27.0 Å². The summed E-state index contributed by atoms with van der Waals surface area (Å²) in [5.41, 5.74) is 0. The molecular weight excluding hydrogens is 320 g/mol. The van der Waals surface area contributed by atoms with Crippen molar-refractivity contribution in [1.82, 2.24) is 0 Å². The molecule has 0 saturated heterocycles. The van der Waals surface area contributed by atoms with Crippen molar-refractivity contribution < 1.29 is 14.7 Å². The monoisotopic (exact) mass is 356 g/mol. The summed E-state index contributed by atoms with van der Waals surface area (Å²) in [6.45, 7) is 21.0. The molecule has 3 unspecified atom stereocenters. The summed E-state index contributed by atoms with van der Waals surface area (Å²) >= 11 is 0. The topological polar surface area (TPSA) is 54.4 Å². The van der Waals surface area contributed by atoms with Crippen LogP contribution in [0.25, 0.3) is 0 Å². The van der Waals surface area contributed by atoms with Gasteiger partial charge in [0.25, 0.3) is 0 Å². The van der Waals surface area contributed by atoms with E-state index in [9.17, 15) is 14.7 Å². The minimum absolute atomic E-state index is 0.0325. The molecule has 0 heterocycles. The molecule has 0 aromatic rings. The molecule has 1 rings (SSSR count). The lowest BCUT2D eigenvalue weighted by Gasteiger charge is -2.49. The van der Waals surface area contributed by atoms with Crippen LogP contribution < -0.4 is 0 Å². The number of hydrogen-bond acceptors (Lipinski definition) is 3. The Hall–Kier alpha value is -0.266. The van der Waals surface area contributed by atoms with Crippen molar-refractivity contribution in [3.05, 3.63) is 0 Å². The van der Waals surface area contributed by atoms with Crippen molar-refractivity contribution in [2.45, 2.75) is 90.3 Å². The zero-order valence-corrected chi connectivity index (χ0v) is 18.7. The maximum absolute atomic E-state index is 13.2. The van der Waals surface area contributed by atoms with Gasteiger partial charge in [-0.15, -0.1) is 0 Å². The molecule has 0 aromatic carbocycles. The van der Waals surface area contributed by atoms with E-state index in [1.807, 2.05) is 0 Å². The largest absolute Gasteiger partial charge is 0.392 e. The van der Waals surface area contributed by atoms with E-state index in [0.29, 0.717) is 6.42 Å². The van der Waals surface area contributed by atoms with Crippen molar-refractivity contribution in [3.8, 4) is 0 Å². The molecule has 0 spiro atoms. The average molecular weight is 357 g/mol. The molecule has 0 bridgehead atoms. The van der Waals surface area contributed by atoms with Gasteiger partial charge in [-0.3, -0.25) is 0 Å². The first kappa shape index (κ1) is 20.8. The molecule has 1 N–H and O–H groups in total. The third-order valence-corrected chi connectivity index (χ3v) is 17.6. The smallest absolute Gasteiger partial charge is 0.132 e. The number of carbonyl (C=O) groups is 2. The van der Waals surface area contributed by atoms with Crippen LogP contribution in [0.5, 0.6) is 0 Å². The standard InChI is InChI=1S/C18H36O3Si2/c1-17(2,3)22(7,8)15(20)12-11-13(19)14(12)16(21)23(9,10)18(4,5)6/h12-14,19H,11H2,1-10H3. The van der Waals surface area contributed by atoms with Gasteiger partial charge in [-0.25, -0.2) is 0 Å². The molecule has 0 radical (unpaired) electrons. The number of carbonyl (C=O) groups excluding carboxylic acids is 2. The van der Waals surface area contributed by atoms with E-state index in [0.717, 1.165) is 0 Å². The lowest BCUT2D eigenvalue weighted by atomic mass is 9.72. The van der Waals surface area contributed by atoms with Gasteiger partial charge in [-0.1, -0.05) is 67.7 Å². The molecule has 5 heteroatoms. The summed E-state index contributed by atoms with van der Waals surface area (Å²) in [6, 6.07) is 0. The molecule has 1 saturated carbocycles. The second-order valence-corrected chi connectivity index (χ2v) is 20.9. The molecule has 0 amide bonds. The van der Waals surface area contributed by atoms with E-state index in [1.165, 1.54) is 0 Å². The Labute approximate surface area is 144 Å². The van der Waals surface area contributed by atoms with E-state index >= 15 is 0 Å². The molecular formula is C18H36O3Si2. The van der Waals surface area contributed by atoms with Gasteiger partial charge in [-0.05, 0) is 16.5 Å². The summed E-state index contributed by atoms with van der Waals surface area (Å²) in [5.74, 6) is -0.718. The molecule has 134 valence electrons. The van der Waals surface area contributed by atoms with Crippen LogP contribution in [0.1, 0.15) is 48.0 Å². The first-order chi connectivity index (χ1) is 9.96. The fourth-order valence-corrected chi connectivity index (χ4v) is 6.80. The molecule has 1 aliphatic rings. The molecule has 3 nitrogen and oxygen atoms in total. The predicted octanol–water partition coefficient (Wildman–Crippen LogP) is 4.22. The first-order valence-corrected chi connectivity index (χ1v) is 14.7. The van der Waals surface area contributed by atoms with Gasteiger partial charge < -0.3 is 14.7 Å². The van der Waals surface area contributed by atoms with Crippen LogP contribution in [0.4, 0.5) is 0 Å². The van der Waals surface area contributed by atoms with Crippen molar-refractivity contribution >= 4 is 27.0 Å². The summed E-state index contributed by atoms with van der Waals surface area (Å²) in [5, 5.41) is 10.6. The van der Waals surface area contributed by atoms with Crippen LogP contribution in [0, 0.1) is 11.8 Å². The molecule has 1 aliphatic carbocycles. The van der Waals surface area contributed by atoms with Crippen LogP contribution in [0.2, 0.25) is 36.3 Å². The second kappa shape index (κ2) is 5.92. The fourth-order valence-electron chi connectivity index (χ4n) is 2.87. The summed E-state index contributed by atoms with van der Waals surface area (Å²) < 4.78 is 0. The van der Waals surface area contributed by atoms with Crippen molar-refractivity contribution in [1.29, 1.82) is 0 Å².